The van der Waals surface area contributed by atoms with Gasteiger partial charge in [-0.2, -0.15) is 0 Å². The van der Waals surface area contributed by atoms with Crippen molar-refractivity contribution in [3.63, 3.8) is 0 Å². The zero-order valence-corrected chi connectivity index (χ0v) is 14.1. The molecular weight excluding hydrogens is 324 g/mol. The summed E-state index contributed by atoms with van der Waals surface area (Å²) in [5, 5.41) is 6.22. The van der Waals surface area contributed by atoms with Crippen molar-refractivity contribution in [3.05, 3.63) is 65.2 Å². The first kappa shape index (κ1) is 17.8. The van der Waals surface area contributed by atoms with Crippen LogP contribution in [-0.4, -0.2) is 11.8 Å². The summed E-state index contributed by atoms with van der Waals surface area (Å²) in [5.74, 6) is -0.243. The van der Waals surface area contributed by atoms with E-state index in [1.807, 2.05) is 19.1 Å². The van der Waals surface area contributed by atoms with Crippen molar-refractivity contribution in [1.82, 2.24) is 0 Å². The van der Waals surface area contributed by atoms with Crippen LogP contribution in [-0.2, 0) is 9.59 Å². The molecule has 0 saturated carbocycles. The first-order valence-corrected chi connectivity index (χ1v) is 8.09. The predicted octanol–water partition coefficient (Wildman–Crippen LogP) is 4.73. The van der Waals surface area contributed by atoms with Gasteiger partial charge in [0.05, 0.1) is 0 Å². The van der Waals surface area contributed by atoms with Crippen molar-refractivity contribution >= 4 is 40.9 Å². The number of amides is 2. The van der Waals surface area contributed by atoms with Gasteiger partial charge in [-0.25, -0.2) is 0 Å². The third kappa shape index (κ3) is 5.89. The van der Waals surface area contributed by atoms with Gasteiger partial charge in [0.15, 0.2) is 0 Å². The highest BCUT2D eigenvalue weighted by Gasteiger charge is 2.02. The van der Waals surface area contributed by atoms with E-state index < -0.39 is 0 Å². The average molecular weight is 343 g/mol. The Morgan fingerprint density at radius 2 is 1.54 bits per heavy atom. The van der Waals surface area contributed by atoms with Gasteiger partial charge in [0.2, 0.25) is 11.8 Å². The van der Waals surface area contributed by atoms with Crippen LogP contribution in [0.15, 0.2) is 54.6 Å². The molecule has 2 amide bonds. The molecule has 0 heterocycles. The first-order valence-electron chi connectivity index (χ1n) is 7.71. The lowest BCUT2D eigenvalue weighted by molar-refractivity contribution is -0.116. The molecule has 2 N–H and O–H groups in total. The molecule has 2 rings (SSSR count). The van der Waals surface area contributed by atoms with Crippen LogP contribution >= 0.6 is 11.6 Å². The number of benzene rings is 2. The molecule has 0 fully saturated rings. The standard InChI is InChI=1S/C19H19ClN2O2/c1-2-3-18(23)21-16-9-11-17(12-10-16)22-19(24)13-6-14-4-7-15(20)8-5-14/h4-13H,2-3H2,1H3,(H,21,23)(H,22,24)/b13-6+. The minimum atomic E-state index is -0.229. The minimum Gasteiger partial charge on any atom is -0.326 e. The van der Waals surface area contributed by atoms with Crippen LogP contribution in [0, 0.1) is 0 Å². The number of carbonyl (C=O) groups excluding carboxylic acids is 2. The number of rotatable bonds is 6. The third-order valence-corrected chi connectivity index (χ3v) is 3.46. The summed E-state index contributed by atoms with van der Waals surface area (Å²) in [4.78, 5) is 23.4. The van der Waals surface area contributed by atoms with Crippen molar-refractivity contribution in [1.29, 1.82) is 0 Å². The molecule has 4 nitrogen and oxygen atoms in total. The molecule has 2 aromatic rings. The second kappa shape index (κ2) is 8.89. The maximum atomic E-state index is 11.9. The molecule has 2 aromatic carbocycles. The summed E-state index contributed by atoms with van der Waals surface area (Å²) >= 11 is 5.81. The van der Waals surface area contributed by atoms with Crippen LogP contribution in [0.4, 0.5) is 11.4 Å². The molecule has 124 valence electrons. The number of nitrogens with one attached hydrogen (secondary N) is 2. The normalized spacial score (nSPS) is 10.6. The molecule has 0 atom stereocenters. The summed E-state index contributed by atoms with van der Waals surface area (Å²) in [6, 6.07) is 14.2. The fourth-order valence-corrected chi connectivity index (χ4v) is 2.14. The second-order valence-electron chi connectivity index (χ2n) is 5.25. The second-order valence-corrected chi connectivity index (χ2v) is 5.69. The molecule has 0 aliphatic rings. The van der Waals surface area contributed by atoms with E-state index >= 15 is 0 Å². The molecule has 0 bridgehead atoms. The van der Waals surface area contributed by atoms with E-state index in [2.05, 4.69) is 10.6 Å². The minimum absolute atomic E-state index is 0.0137. The largest absolute Gasteiger partial charge is 0.326 e. The lowest BCUT2D eigenvalue weighted by atomic mass is 10.2. The average Bonchev–Trinajstić information content (AvgIpc) is 2.56. The van der Waals surface area contributed by atoms with E-state index in [9.17, 15) is 9.59 Å². The third-order valence-electron chi connectivity index (χ3n) is 3.21. The Morgan fingerprint density at radius 1 is 0.958 bits per heavy atom. The lowest BCUT2D eigenvalue weighted by Gasteiger charge is -2.06. The molecular formula is C19H19ClN2O2. The highest BCUT2D eigenvalue weighted by atomic mass is 35.5. The van der Waals surface area contributed by atoms with Gasteiger partial charge in [0.1, 0.15) is 0 Å². The topological polar surface area (TPSA) is 58.2 Å². The van der Waals surface area contributed by atoms with Gasteiger partial charge in [0, 0.05) is 28.9 Å². The Bertz CT molecular complexity index is 722. The fraction of sp³-hybridized carbons (Fsp3) is 0.158. The SMILES string of the molecule is CCCC(=O)Nc1ccc(NC(=O)/C=C/c2ccc(Cl)cc2)cc1. The van der Waals surface area contributed by atoms with E-state index in [0.717, 1.165) is 12.0 Å². The molecule has 0 spiro atoms. The Morgan fingerprint density at radius 3 is 2.12 bits per heavy atom. The van der Waals surface area contributed by atoms with Gasteiger partial charge in [-0.1, -0.05) is 30.7 Å². The van der Waals surface area contributed by atoms with E-state index in [4.69, 9.17) is 11.6 Å². The lowest BCUT2D eigenvalue weighted by Crippen LogP contribution is -2.11. The van der Waals surface area contributed by atoms with E-state index in [-0.39, 0.29) is 11.8 Å². The Kier molecular flexibility index (Phi) is 6.58. The number of carbonyl (C=O) groups is 2. The van der Waals surface area contributed by atoms with Crippen LogP contribution in [0.2, 0.25) is 5.02 Å². The molecule has 0 radical (unpaired) electrons. The monoisotopic (exact) mass is 342 g/mol. The number of halogens is 1. The Labute approximate surface area is 146 Å². The molecule has 0 aromatic heterocycles. The summed E-state index contributed by atoms with van der Waals surface area (Å²) in [6.45, 7) is 1.95. The molecule has 0 unspecified atom stereocenters. The van der Waals surface area contributed by atoms with Gasteiger partial charge in [-0.3, -0.25) is 9.59 Å². The molecule has 0 aliphatic carbocycles. The van der Waals surface area contributed by atoms with Crippen molar-refractivity contribution in [2.45, 2.75) is 19.8 Å². The van der Waals surface area contributed by atoms with Crippen LogP contribution in [0.25, 0.3) is 6.08 Å². The maximum absolute atomic E-state index is 11.9. The zero-order chi connectivity index (χ0) is 17.4. The Hall–Kier alpha value is -2.59. The van der Waals surface area contributed by atoms with Crippen molar-refractivity contribution in [2.75, 3.05) is 10.6 Å². The quantitative estimate of drug-likeness (QED) is 0.745. The first-order chi connectivity index (χ1) is 11.6. The van der Waals surface area contributed by atoms with Crippen LogP contribution in [0.1, 0.15) is 25.3 Å². The van der Waals surface area contributed by atoms with E-state index in [1.165, 1.54) is 6.08 Å². The Balaban J connectivity index is 1.89. The van der Waals surface area contributed by atoms with E-state index in [1.54, 1.807) is 42.5 Å². The highest BCUT2D eigenvalue weighted by Crippen LogP contribution is 2.14. The van der Waals surface area contributed by atoms with Gasteiger partial charge in [-0.15, -0.1) is 0 Å². The van der Waals surface area contributed by atoms with Gasteiger partial charge < -0.3 is 10.6 Å². The maximum Gasteiger partial charge on any atom is 0.248 e. The fourth-order valence-electron chi connectivity index (χ4n) is 2.02. The summed E-state index contributed by atoms with van der Waals surface area (Å²) < 4.78 is 0. The van der Waals surface area contributed by atoms with E-state index in [0.29, 0.717) is 22.8 Å². The van der Waals surface area contributed by atoms with Gasteiger partial charge in [0.25, 0.3) is 0 Å². The van der Waals surface area contributed by atoms with Gasteiger partial charge in [-0.05, 0) is 54.5 Å². The predicted molar refractivity (Wildman–Crippen MR) is 99.1 cm³/mol. The van der Waals surface area contributed by atoms with Gasteiger partial charge >= 0.3 is 0 Å². The number of hydrogen-bond donors (Lipinski definition) is 2. The van der Waals surface area contributed by atoms with Crippen molar-refractivity contribution in [3.8, 4) is 0 Å². The van der Waals surface area contributed by atoms with Crippen molar-refractivity contribution < 1.29 is 9.59 Å². The molecule has 24 heavy (non-hydrogen) atoms. The summed E-state index contributed by atoms with van der Waals surface area (Å²) in [6.07, 6.45) is 4.47. The van der Waals surface area contributed by atoms with Crippen LogP contribution in [0.3, 0.4) is 0 Å². The molecule has 0 saturated heterocycles. The van der Waals surface area contributed by atoms with Crippen LogP contribution < -0.4 is 10.6 Å². The van der Waals surface area contributed by atoms with Crippen molar-refractivity contribution in [2.24, 2.45) is 0 Å². The summed E-state index contributed by atoms with van der Waals surface area (Å²) in [7, 11) is 0. The zero-order valence-electron chi connectivity index (χ0n) is 13.4. The number of hydrogen-bond acceptors (Lipinski definition) is 2. The molecule has 5 heteroatoms. The highest BCUT2D eigenvalue weighted by molar-refractivity contribution is 6.30. The smallest absolute Gasteiger partial charge is 0.248 e. The number of anilines is 2. The summed E-state index contributed by atoms with van der Waals surface area (Å²) in [5.41, 5.74) is 2.26. The molecule has 0 aliphatic heterocycles. The van der Waals surface area contributed by atoms with Crippen LogP contribution in [0.5, 0.6) is 0 Å².